The highest BCUT2D eigenvalue weighted by Gasteiger charge is 2.17. The Labute approximate surface area is 151 Å². The van der Waals surface area contributed by atoms with Crippen LogP contribution < -0.4 is 5.32 Å². The lowest BCUT2D eigenvalue weighted by Crippen LogP contribution is -2.33. The summed E-state index contributed by atoms with van der Waals surface area (Å²) in [5.74, 6) is -0.0231. The normalized spacial score (nSPS) is 12.3. The first-order valence-electron chi connectivity index (χ1n) is 8.99. The molecule has 0 aromatic heterocycles. The predicted octanol–water partition coefficient (Wildman–Crippen LogP) is 4.42. The van der Waals surface area contributed by atoms with E-state index in [-0.39, 0.29) is 11.9 Å². The molecular formula is C20H31NO4. The number of carbonyl (C=O) groups is 2. The largest absolute Gasteiger partial charge is 0.466 e. The minimum absolute atomic E-state index is 0.141. The van der Waals surface area contributed by atoms with Crippen molar-refractivity contribution in [2.75, 3.05) is 13.2 Å². The maximum Gasteiger partial charge on any atom is 0.407 e. The van der Waals surface area contributed by atoms with Gasteiger partial charge in [-0.3, -0.25) is 4.79 Å². The highest BCUT2D eigenvalue weighted by Crippen LogP contribution is 2.26. The number of unbranched alkanes of at least 4 members (excludes halogenated alkanes) is 1. The zero-order chi connectivity index (χ0) is 18.7. The molecule has 0 fully saturated rings. The topological polar surface area (TPSA) is 64.6 Å². The molecule has 0 saturated heterocycles. The van der Waals surface area contributed by atoms with Crippen LogP contribution >= 0.6 is 0 Å². The van der Waals surface area contributed by atoms with E-state index in [4.69, 9.17) is 9.47 Å². The summed E-state index contributed by atoms with van der Waals surface area (Å²) in [5.41, 5.74) is 0.665. The van der Waals surface area contributed by atoms with Crippen LogP contribution in [0.5, 0.6) is 0 Å². The number of hydrogen-bond donors (Lipinski definition) is 1. The van der Waals surface area contributed by atoms with Crippen molar-refractivity contribution in [1.29, 1.82) is 0 Å². The Morgan fingerprint density at radius 3 is 2.40 bits per heavy atom. The van der Waals surface area contributed by atoms with Gasteiger partial charge in [0, 0.05) is 6.54 Å². The minimum atomic E-state index is -0.484. The molecule has 1 rings (SSSR count). The molecule has 0 aliphatic rings. The van der Waals surface area contributed by atoms with Gasteiger partial charge in [0.15, 0.2) is 0 Å². The second kappa shape index (κ2) is 10.7. The Hall–Kier alpha value is -2.04. The van der Waals surface area contributed by atoms with Crippen LogP contribution in [0.1, 0.15) is 64.9 Å². The summed E-state index contributed by atoms with van der Waals surface area (Å²) in [5, 5.41) is 2.76. The number of alkyl carbamates (subject to hydrolysis) is 1. The molecule has 0 spiro atoms. The number of hydrogen-bond acceptors (Lipinski definition) is 4. The van der Waals surface area contributed by atoms with Gasteiger partial charge in [0.2, 0.25) is 0 Å². The number of benzene rings is 1. The monoisotopic (exact) mass is 349 g/mol. The summed E-state index contributed by atoms with van der Waals surface area (Å²) in [6, 6.07) is 10.0. The van der Waals surface area contributed by atoms with Gasteiger partial charge in [0.25, 0.3) is 0 Å². The van der Waals surface area contributed by atoms with Crippen molar-refractivity contribution in [3.63, 3.8) is 0 Å². The van der Waals surface area contributed by atoms with Gasteiger partial charge in [-0.15, -0.1) is 0 Å². The molecule has 0 aliphatic carbocycles. The van der Waals surface area contributed by atoms with Gasteiger partial charge in [-0.1, -0.05) is 36.8 Å². The van der Waals surface area contributed by atoms with Crippen LogP contribution in [0.4, 0.5) is 4.79 Å². The Morgan fingerprint density at radius 2 is 1.80 bits per heavy atom. The Kier molecular flexibility index (Phi) is 9.03. The van der Waals surface area contributed by atoms with Gasteiger partial charge in [-0.25, -0.2) is 4.79 Å². The van der Waals surface area contributed by atoms with Gasteiger partial charge >= 0.3 is 12.1 Å². The molecule has 0 bridgehead atoms. The fourth-order valence-electron chi connectivity index (χ4n) is 2.55. The van der Waals surface area contributed by atoms with Crippen LogP contribution in [0.15, 0.2) is 30.3 Å². The van der Waals surface area contributed by atoms with Gasteiger partial charge in [0.1, 0.15) is 5.60 Å². The lowest BCUT2D eigenvalue weighted by atomic mass is 9.90. The molecule has 5 heteroatoms. The van der Waals surface area contributed by atoms with E-state index in [1.807, 2.05) is 58.0 Å². The van der Waals surface area contributed by atoms with Crippen molar-refractivity contribution in [3.8, 4) is 0 Å². The van der Waals surface area contributed by atoms with Crippen LogP contribution in [0, 0.1) is 0 Å². The van der Waals surface area contributed by atoms with Crippen LogP contribution in [0.25, 0.3) is 0 Å². The van der Waals surface area contributed by atoms with Crippen molar-refractivity contribution in [3.05, 3.63) is 35.9 Å². The lowest BCUT2D eigenvalue weighted by molar-refractivity contribution is -0.143. The van der Waals surface area contributed by atoms with Gasteiger partial charge in [-0.05, 0) is 52.0 Å². The van der Waals surface area contributed by atoms with Gasteiger partial charge < -0.3 is 14.8 Å². The van der Waals surface area contributed by atoms with Crippen LogP contribution in [0.2, 0.25) is 0 Å². The molecule has 1 aromatic rings. The third-order valence-corrected chi connectivity index (χ3v) is 3.64. The summed E-state index contributed by atoms with van der Waals surface area (Å²) in [6.07, 6.45) is 2.62. The SMILES string of the molecule is CCOC(=O)CC(CCCCNC(=O)OC(C)(C)C)c1ccccc1. The molecule has 0 radical (unpaired) electrons. The van der Waals surface area contributed by atoms with Gasteiger partial charge in [-0.2, -0.15) is 0 Å². The molecular weight excluding hydrogens is 318 g/mol. The van der Waals surface area contributed by atoms with Gasteiger partial charge in [0.05, 0.1) is 13.0 Å². The zero-order valence-corrected chi connectivity index (χ0v) is 15.8. The standard InChI is InChI=1S/C20H31NO4/c1-5-24-18(22)15-17(16-11-7-6-8-12-16)13-9-10-14-21-19(23)25-20(2,3)4/h6-8,11-12,17H,5,9-10,13-15H2,1-4H3,(H,21,23). The highest BCUT2D eigenvalue weighted by atomic mass is 16.6. The van der Waals surface area contributed by atoms with Crippen molar-refractivity contribution in [2.24, 2.45) is 0 Å². The third-order valence-electron chi connectivity index (χ3n) is 3.64. The fraction of sp³-hybridized carbons (Fsp3) is 0.600. The number of rotatable bonds is 9. The van der Waals surface area contributed by atoms with E-state index in [0.717, 1.165) is 24.8 Å². The molecule has 1 N–H and O–H groups in total. The van der Waals surface area contributed by atoms with E-state index in [9.17, 15) is 9.59 Å². The number of nitrogens with one attached hydrogen (secondary N) is 1. The average Bonchev–Trinajstić information content (AvgIpc) is 2.53. The summed E-state index contributed by atoms with van der Waals surface area (Å²) < 4.78 is 10.3. The van der Waals surface area contributed by atoms with E-state index in [2.05, 4.69) is 5.32 Å². The molecule has 140 valence electrons. The molecule has 1 atom stereocenters. The van der Waals surface area contributed by atoms with E-state index >= 15 is 0 Å². The van der Waals surface area contributed by atoms with E-state index < -0.39 is 11.7 Å². The van der Waals surface area contributed by atoms with E-state index in [1.54, 1.807) is 0 Å². The van der Waals surface area contributed by atoms with Crippen molar-refractivity contribution in [1.82, 2.24) is 5.32 Å². The average molecular weight is 349 g/mol. The molecule has 0 aliphatic heterocycles. The first-order chi connectivity index (χ1) is 11.8. The smallest absolute Gasteiger partial charge is 0.407 e. The predicted molar refractivity (Wildman–Crippen MR) is 98.5 cm³/mol. The van der Waals surface area contributed by atoms with Crippen molar-refractivity contribution >= 4 is 12.1 Å². The van der Waals surface area contributed by atoms with E-state index in [1.165, 1.54) is 0 Å². The number of amides is 1. The number of ether oxygens (including phenoxy) is 2. The molecule has 0 saturated carbocycles. The second-order valence-corrected chi connectivity index (χ2v) is 7.04. The molecule has 1 aromatic carbocycles. The second-order valence-electron chi connectivity index (χ2n) is 7.04. The molecule has 25 heavy (non-hydrogen) atoms. The Bertz CT molecular complexity index is 522. The van der Waals surface area contributed by atoms with E-state index in [0.29, 0.717) is 19.6 Å². The molecule has 0 heterocycles. The number of esters is 1. The quantitative estimate of drug-likeness (QED) is 0.529. The summed E-state index contributed by atoms with van der Waals surface area (Å²) >= 11 is 0. The van der Waals surface area contributed by atoms with Crippen LogP contribution in [-0.2, 0) is 14.3 Å². The zero-order valence-electron chi connectivity index (χ0n) is 15.8. The first-order valence-corrected chi connectivity index (χ1v) is 8.99. The maximum absolute atomic E-state index is 11.8. The molecule has 5 nitrogen and oxygen atoms in total. The fourth-order valence-corrected chi connectivity index (χ4v) is 2.55. The van der Waals surface area contributed by atoms with Crippen molar-refractivity contribution < 1.29 is 19.1 Å². The maximum atomic E-state index is 11.8. The Balaban J connectivity index is 2.40. The minimum Gasteiger partial charge on any atom is -0.466 e. The summed E-state index contributed by atoms with van der Waals surface area (Å²) in [7, 11) is 0. The van der Waals surface area contributed by atoms with Crippen LogP contribution in [-0.4, -0.2) is 30.8 Å². The molecule has 1 unspecified atom stereocenters. The molecule has 1 amide bonds. The third kappa shape index (κ3) is 9.75. The van der Waals surface area contributed by atoms with Crippen molar-refractivity contribution in [2.45, 2.75) is 64.9 Å². The number of carbonyl (C=O) groups excluding carboxylic acids is 2. The summed E-state index contributed by atoms with van der Waals surface area (Å²) in [4.78, 5) is 23.4. The Morgan fingerprint density at radius 1 is 1.12 bits per heavy atom. The van der Waals surface area contributed by atoms with Crippen LogP contribution in [0.3, 0.4) is 0 Å². The highest BCUT2D eigenvalue weighted by molar-refractivity contribution is 5.70. The lowest BCUT2D eigenvalue weighted by Gasteiger charge is -2.20. The summed E-state index contributed by atoms with van der Waals surface area (Å²) in [6.45, 7) is 8.30. The first kappa shape index (κ1) is 21.0.